The van der Waals surface area contributed by atoms with Gasteiger partial charge in [-0.25, -0.2) is 4.98 Å². The van der Waals surface area contributed by atoms with Crippen LogP contribution in [-0.2, 0) is 6.54 Å². The summed E-state index contributed by atoms with van der Waals surface area (Å²) in [6, 6.07) is 0.705. The molecule has 1 atom stereocenters. The van der Waals surface area contributed by atoms with Crippen molar-refractivity contribution in [1.29, 1.82) is 0 Å². The van der Waals surface area contributed by atoms with Crippen molar-refractivity contribution in [2.45, 2.75) is 38.3 Å². The van der Waals surface area contributed by atoms with E-state index < -0.39 is 0 Å². The number of nitrogens with zero attached hydrogens (tertiary/aromatic N) is 4. The zero-order valence-corrected chi connectivity index (χ0v) is 11.5. The highest BCUT2D eigenvalue weighted by atomic mass is 15.3. The molecule has 104 valence electrons. The maximum atomic E-state index is 5.55. The van der Waals surface area contributed by atoms with Crippen molar-refractivity contribution in [1.82, 2.24) is 14.9 Å². The molecule has 0 bridgehead atoms. The molecule has 2 fully saturated rings. The van der Waals surface area contributed by atoms with Crippen molar-refractivity contribution in [2.75, 3.05) is 31.1 Å². The van der Waals surface area contributed by atoms with E-state index in [1.807, 2.05) is 6.20 Å². The molecule has 0 saturated carbocycles. The molecule has 2 saturated heterocycles. The fraction of sp³-hybridized carbons (Fsp3) is 0.714. The third-order valence-corrected chi connectivity index (χ3v) is 4.30. The monoisotopic (exact) mass is 261 g/mol. The van der Waals surface area contributed by atoms with Gasteiger partial charge < -0.3 is 10.6 Å². The van der Waals surface area contributed by atoms with Gasteiger partial charge in [0.2, 0.25) is 0 Å². The number of hydrogen-bond donors (Lipinski definition) is 1. The van der Waals surface area contributed by atoms with Crippen LogP contribution in [0.2, 0.25) is 0 Å². The van der Waals surface area contributed by atoms with Crippen LogP contribution in [0.25, 0.3) is 0 Å². The second-order valence-electron chi connectivity index (χ2n) is 5.56. The third kappa shape index (κ3) is 2.87. The van der Waals surface area contributed by atoms with E-state index in [4.69, 9.17) is 5.73 Å². The number of anilines is 1. The normalized spacial score (nSPS) is 24.9. The molecule has 1 aromatic heterocycles. The maximum Gasteiger partial charge on any atom is 0.147 e. The highest BCUT2D eigenvalue weighted by Gasteiger charge is 2.29. The van der Waals surface area contributed by atoms with Crippen molar-refractivity contribution < 1.29 is 0 Å². The summed E-state index contributed by atoms with van der Waals surface area (Å²) in [6.07, 6.45) is 9.03. The summed E-state index contributed by atoms with van der Waals surface area (Å²) in [4.78, 5) is 13.8. The van der Waals surface area contributed by atoms with E-state index in [0.717, 1.165) is 24.6 Å². The molecule has 0 spiro atoms. The van der Waals surface area contributed by atoms with Crippen molar-refractivity contribution in [3.05, 3.63) is 18.1 Å². The molecule has 1 aromatic rings. The van der Waals surface area contributed by atoms with E-state index in [-0.39, 0.29) is 0 Å². The molecule has 3 heterocycles. The first-order valence-electron chi connectivity index (χ1n) is 7.37. The first kappa shape index (κ1) is 12.8. The average Bonchev–Trinajstić information content (AvgIpc) is 2.98. The van der Waals surface area contributed by atoms with Gasteiger partial charge in [0, 0.05) is 25.7 Å². The molecule has 5 nitrogen and oxygen atoms in total. The smallest absolute Gasteiger partial charge is 0.147 e. The van der Waals surface area contributed by atoms with Crippen molar-refractivity contribution >= 4 is 5.82 Å². The SMILES string of the molecule is NCc1cnc(N2CCC(N3CCCCC3)C2)cn1. The van der Waals surface area contributed by atoms with Gasteiger partial charge in [0.1, 0.15) is 5.82 Å². The van der Waals surface area contributed by atoms with Crippen LogP contribution in [0.3, 0.4) is 0 Å². The number of likely N-dealkylation sites (tertiary alicyclic amines) is 1. The van der Waals surface area contributed by atoms with E-state index >= 15 is 0 Å². The predicted octanol–water partition coefficient (Wildman–Crippen LogP) is 1.000. The molecule has 2 aliphatic rings. The number of rotatable bonds is 3. The van der Waals surface area contributed by atoms with E-state index in [2.05, 4.69) is 19.8 Å². The summed E-state index contributed by atoms with van der Waals surface area (Å²) in [5.74, 6) is 0.997. The van der Waals surface area contributed by atoms with E-state index in [0.29, 0.717) is 12.6 Å². The topological polar surface area (TPSA) is 58.3 Å². The van der Waals surface area contributed by atoms with Gasteiger partial charge in [0.25, 0.3) is 0 Å². The molecule has 0 aliphatic carbocycles. The highest BCUT2D eigenvalue weighted by Crippen LogP contribution is 2.23. The third-order valence-electron chi connectivity index (χ3n) is 4.30. The fourth-order valence-electron chi connectivity index (χ4n) is 3.15. The Balaban J connectivity index is 1.61. The Labute approximate surface area is 114 Å². The fourth-order valence-corrected chi connectivity index (χ4v) is 3.15. The van der Waals surface area contributed by atoms with Gasteiger partial charge >= 0.3 is 0 Å². The van der Waals surface area contributed by atoms with E-state index in [9.17, 15) is 0 Å². The first-order chi connectivity index (χ1) is 9.36. The number of piperidine rings is 1. The summed E-state index contributed by atoms with van der Waals surface area (Å²) < 4.78 is 0. The molecule has 0 radical (unpaired) electrons. The summed E-state index contributed by atoms with van der Waals surface area (Å²) in [5, 5.41) is 0. The standard InChI is InChI=1S/C14H23N5/c15-8-12-9-17-14(10-16-12)19-7-4-13(11-19)18-5-2-1-3-6-18/h9-10,13H,1-8,11,15H2. The van der Waals surface area contributed by atoms with Gasteiger partial charge in [0.05, 0.1) is 18.1 Å². The van der Waals surface area contributed by atoms with Gasteiger partial charge in [-0.3, -0.25) is 9.88 Å². The largest absolute Gasteiger partial charge is 0.354 e. The molecule has 0 amide bonds. The Morgan fingerprint density at radius 3 is 2.63 bits per heavy atom. The Bertz CT molecular complexity index is 399. The predicted molar refractivity (Wildman–Crippen MR) is 76.0 cm³/mol. The highest BCUT2D eigenvalue weighted by molar-refractivity contribution is 5.37. The number of hydrogen-bond acceptors (Lipinski definition) is 5. The molecule has 19 heavy (non-hydrogen) atoms. The van der Waals surface area contributed by atoms with Gasteiger partial charge in [-0.15, -0.1) is 0 Å². The quantitative estimate of drug-likeness (QED) is 0.879. The Morgan fingerprint density at radius 2 is 1.95 bits per heavy atom. The van der Waals surface area contributed by atoms with Crippen molar-refractivity contribution in [3.63, 3.8) is 0 Å². The second-order valence-corrected chi connectivity index (χ2v) is 5.56. The van der Waals surface area contributed by atoms with Gasteiger partial charge in [0.15, 0.2) is 0 Å². The molecular formula is C14H23N5. The van der Waals surface area contributed by atoms with Crippen molar-refractivity contribution in [3.8, 4) is 0 Å². The van der Waals surface area contributed by atoms with E-state index in [1.54, 1.807) is 6.20 Å². The minimum absolute atomic E-state index is 0.462. The lowest BCUT2D eigenvalue weighted by Crippen LogP contribution is -2.41. The summed E-state index contributed by atoms with van der Waals surface area (Å²) in [7, 11) is 0. The molecule has 0 aromatic carbocycles. The van der Waals surface area contributed by atoms with Crippen molar-refractivity contribution in [2.24, 2.45) is 5.73 Å². The Morgan fingerprint density at radius 1 is 1.11 bits per heavy atom. The van der Waals surface area contributed by atoms with Crippen LogP contribution >= 0.6 is 0 Å². The minimum atomic E-state index is 0.462. The molecule has 5 heteroatoms. The van der Waals surface area contributed by atoms with Crippen LogP contribution in [0.4, 0.5) is 5.82 Å². The lowest BCUT2D eigenvalue weighted by atomic mass is 10.1. The summed E-state index contributed by atoms with van der Waals surface area (Å²) in [6.45, 7) is 5.20. The number of nitrogens with two attached hydrogens (primary N) is 1. The molecule has 1 unspecified atom stereocenters. The van der Waals surface area contributed by atoms with Gasteiger partial charge in [-0.2, -0.15) is 0 Å². The lowest BCUT2D eigenvalue weighted by Gasteiger charge is -2.32. The van der Waals surface area contributed by atoms with Crippen LogP contribution in [0.5, 0.6) is 0 Å². The van der Waals surface area contributed by atoms with E-state index in [1.165, 1.54) is 38.8 Å². The minimum Gasteiger partial charge on any atom is -0.354 e. The second kappa shape index (κ2) is 5.84. The Kier molecular flexibility index (Phi) is 3.94. The van der Waals surface area contributed by atoms with Crippen LogP contribution < -0.4 is 10.6 Å². The molecule has 2 aliphatic heterocycles. The number of aromatic nitrogens is 2. The summed E-state index contributed by atoms with van der Waals surface area (Å²) in [5.41, 5.74) is 6.41. The maximum absolute atomic E-state index is 5.55. The zero-order chi connectivity index (χ0) is 13.1. The summed E-state index contributed by atoms with van der Waals surface area (Å²) >= 11 is 0. The average molecular weight is 261 g/mol. The van der Waals surface area contributed by atoms with Crippen LogP contribution in [0.15, 0.2) is 12.4 Å². The van der Waals surface area contributed by atoms with Crippen LogP contribution in [-0.4, -0.2) is 47.1 Å². The lowest BCUT2D eigenvalue weighted by molar-refractivity contribution is 0.175. The van der Waals surface area contributed by atoms with Gasteiger partial charge in [-0.1, -0.05) is 6.42 Å². The first-order valence-corrected chi connectivity index (χ1v) is 7.37. The zero-order valence-electron chi connectivity index (χ0n) is 11.5. The Hall–Kier alpha value is -1.20. The van der Waals surface area contributed by atoms with Crippen LogP contribution in [0, 0.1) is 0 Å². The molecular weight excluding hydrogens is 238 g/mol. The molecule has 3 rings (SSSR count). The van der Waals surface area contributed by atoms with Gasteiger partial charge in [-0.05, 0) is 32.4 Å². The molecule has 2 N–H and O–H groups in total. The van der Waals surface area contributed by atoms with Crippen LogP contribution in [0.1, 0.15) is 31.4 Å².